The minimum Gasteiger partial charge on any atom is -0.475 e. The van der Waals surface area contributed by atoms with Crippen molar-refractivity contribution in [3.8, 4) is 11.9 Å². The summed E-state index contributed by atoms with van der Waals surface area (Å²) in [5, 5.41) is 30.0. The maximum atomic E-state index is 15.4. The van der Waals surface area contributed by atoms with E-state index in [1.807, 2.05) is 28.9 Å². The van der Waals surface area contributed by atoms with Crippen LogP contribution in [0.15, 0.2) is 91.4 Å². The number of piperazine rings is 1. The van der Waals surface area contributed by atoms with E-state index in [1.165, 1.54) is 42.6 Å². The van der Waals surface area contributed by atoms with Gasteiger partial charge in [-0.3, -0.25) is 29.0 Å². The number of hydrogen-bond acceptors (Lipinski definition) is 17. The number of halogens is 5. The van der Waals surface area contributed by atoms with Gasteiger partial charge >= 0.3 is 0 Å². The number of carbonyl (C=O) groups is 4. The summed E-state index contributed by atoms with van der Waals surface area (Å²) in [6.45, 7) is 3.39. The molecule has 1 saturated carbocycles. The van der Waals surface area contributed by atoms with Gasteiger partial charge in [-0.2, -0.15) is 14.9 Å². The number of benzene rings is 2. The Balaban J connectivity index is 0.717. The molecule has 4 aromatic heterocycles. The van der Waals surface area contributed by atoms with Gasteiger partial charge in [0.15, 0.2) is 5.65 Å². The summed E-state index contributed by atoms with van der Waals surface area (Å²) in [5.74, 6) is -7.22. The van der Waals surface area contributed by atoms with Gasteiger partial charge in [0.2, 0.25) is 23.6 Å². The monoisotopic (exact) mass is 1230 g/mol. The predicted molar refractivity (Wildman–Crippen MR) is 310 cm³/mol. The normalized spacial score (nSPS) is 17.2. The van der Waals surface area contributed by atoms with E-state index in [0.29, 0.717) is 43.0 Å². The van der Waals surface area contributed by atoms with Crippen molar-refractivity contribution in [3.63, 3.8) is 0 Å². The largest absolute Gasteiger partial charge is 0.475 e. The molecule has 3 aliphatic rings. The molecular weight excluding hydrogens is 1160 g/mol. The van der Waals surface area contributed by atoms with Crippen LogP contribution in [0.3, 0.4) is 0 Å². The van der Waals surface area contributed by atoms with E-state index in [9.17, 15) is 33.5 Å². The highest BCUT2D eigenvalue weighted by Crippen LogP contribution is 2.40. The molecule has 27 heteroatoms. The highest BCUT2D eigenvalue weighted by molar-refractivity contribution is 6.31. The van der Waals surface area contributed by atoms with Crippen LogP contribution in [0.2, 0.25) is 5.02 Å². The Bertz CT molecular complexity index is 3370. The van der Waals surface area contributed by atoms with E-state index in [4.69, 9.17) is 40.3 Å². The maximum Gasteiger partial charge on any atom is 0.253 e. The lowest BCUT2D eigenvalue weighted by atomic mass is 9.87. The number of nitriles is 1. The zero-order valence-corrected chi connectivity index (χ0v) is 48.6. The zero-order chi connectivity index (χ0) is 61.5. The number of amides is 4. The Hall–Kier alpha value is -8.06. The first-order valence-electron chi connectivity index (χ1n) is 28.7. The number of aryl methyl sites for hydroxylation is 1. The van der Waals surface area contributed by atoms with Crippen LogP contribution >= 0.6 is 11.6 Å². The van der Waals surface area contributed by atoms with Crippen molar-refractivity contribution < 1.29 is 65.5 Å². The first-order chi connectivity index (χ1) is 42.1. The molecule has 2 saturated heterocycles. The highest BCUT2D eigenvalue weighted by Gasteiger charge is 2.49. The Labute approximate surface area is 504 Å². The van der Waals surface area contributed by atoms with Crippen LogP contribution in [0.4, 0.5) is 40.7 Å². The number of rotatable bonds is 29. The molecule has 462 valence electrons. The Morgan fingerprint density at radius 3 is 2.30 bits per heavy atom. The maximum absolute atomic E-state index is 15.4. The second-order valence-corrected chi connectivity index (χ2v) is 21.4. The first-order valence-corrected chi connectivity index (χ1v) is 29.1. The molecule has 0 radical (unpaired) electrons. The van der Waals surface area contributed by atoms with E-state index in [-0.39, 0.29) is 74.3 Å². The summed E-state index contributed by atoms with van der Waals surface area (Å²) in [5.41, 5.74) is 2.27. The zero-order valence-electron chi connectivity index (χ0n) is 47.8. The third-order valence-corrected chi connectivity index (χ3v) is 15.3. The fourth-order valence-corrected chi connectivity index (χ4v) is 10.9. The lowest BCUT2D eigenvalue weighted by Gasteiger charge is -2.43. The van der Waals surface area contributed by atoms with E-state index in [2.05, 4.69) is 37.5 Å². The average Bonchev–Trinajstić information content (AvgIpc) is 2.58. The summed E-state index contributed by atoms with van der Waals surface area (Å²) < 4.78 is 88.4. The number of fused-ring (bicyclic) bond motifs is 1. The number of aliphatic hydroxyl groups is 1. The number of piperidine rings is 1. The van der Waals surface area contributed by atoms with Crippen LogP contribution in [0.5, 0.6) is 5.88 Å². The molecule has 3 atom stereocenters. The molecule has 9 rings (SSSR count). The molecule has 22 nitrogen and oxygen atoms in total. The molecule has 1 aliphatic carbocycles. The second-order valence-electron chi connectivity index (χ2n) is 21.0. The number of aliphatic hydroxyl groups excluding tert-OH is 1. The highest BCUT2D eigenvalue weighted by atomic mass is 35.5. The number of nitrogens with one attached hydrogen (secondary N) is 2. The average molecular weight is 1230 g/mol. The Morgan fingerprint density at radius 1 is 0.897 bits per heavy atom. The van der Waals surface area contributed by atoms with Crippen molar-refractivity contribution >= 4 is 64.0 Å². The van der Waals surface area contributed by atoms with Gasteiger partial charge in [-0.1, -0.05) is 42.8 Å². The van der Waals surface area contributed by atoms with Crippen molar-refractivity contribution in [2.24, 2.45) is 0 Å². The minimum absolute atomic E-state index is 0.0462. The summed E-state index contributed by atoms with van der Waals surface area (Å²) in [6.07, 6.45) is 8.10. The van der Waals surface area contributed by atoms with E-state index in [0.717, 1.165) is 82.6 Å². The number of nitrogens with zero attached hydrogens (tertiary/aromatic N) is 10. The molecule has 0 spiro atoms. The van der Waals surface area contributed by atoms with Crippen LogP contribution in [0.1, 0.15) is 73.7 Å². The number of alkyl halides is 2. The fraction of sp³-hybridized carbons (Fsp3) is 0.450. The number of ether oxygens (including phenoxy) is 5. The molecule has 6 heterocycles. The molecule has 3 fully saturated rings. The fourth-order valence-electron chi connectivity index (χ4n) is 10.6. The molecule has 2 aliphatic heterocycles. The van der Waals surface area contributed by atoms with Crippen molar-refractivity contribution in [2.75, 3.05) is 106 Å². The van der Waals surface area contributed by atoms with Crippen LogP contribution in [-0.4, -0.2) is 168 Å². The quantitative estimate of drug-likeness (QED) is 0.0330. The molecule has 3 N–H and O–H groups in total. The number of pyridine rings is 2. The van der Waals surface area contributed by atoms with Gasteiger partial charge in [0, 0.05) is 91.4 Å². The first kappa shape index (κ1) is 63.4. The van der Waals surface area contributed by atoms with Gasteiger partial charge in [0.25, 0.3) is 11.8 Å². The third-order valence-electron chi connectivity index (χ3n) is 15.0. The van der Waals surface area contributed by atoms with E-state index < -0.39 is 97.5 Å². The lowest BCUT2D eigenvalue weighted by molar-refractivity contribution is -0.143. The molecular formula is C60H67ClF4N12O10. The smallest absolute Gasteiger partial charge is 0.253 e. The SMILES string of the molecule is CCc1cnn2c(NCc3ccc(OCCOCCOCCOCCOCC(=O)N4CC(=O)N(c5cc(C#N)ccn5)[C@H](C(=O)N(c5cc(F)cc(F)c5)C(C(=O)NC5CC(F)(F)C5)c5ccccc5Cl)C4)nc3)cc(N3CCCC[C@H]3CCO)nc12. The van der Waals surface area contributed by atoms with Gasteiger partial charge in [-0.05, 0) is 68.0 Å². The Morgan fingerprint density at radius 2 is 1.62 bits per heavy atom. The lowest BCUT2D eigenvalue weighted by Crippen LogP contribution is -2.65. The molecule has 87 heavy (non-hydrogen) atoms. The number of carbonyl (C=O) groups excluding carboxylic acids is 4. The molecule has 2 aromatic carbocycles. The van der Waals surface area contributed by atoms with Crippen LogP contribution in [0.25, 0.3) is 5.65 Å². The van der Waals surface area contributed by atoms with Crippen LogP contribution in [-0.2, 0) is 51.1 Å². The molecule has 4 amide bonds. The van der Waals surface area contributed by atoms with Crippen molar-refractivity contribution in [3.05, 3.63) is 130 Å². The van der Waals surface area contributed by atoms with Gasteiger partial charge in [-0.15, -0.1) is 0 Å². The van der Waals surface area contributed by atoms with Gasteiger partial charge in [0.05, 0.1) is 76.3 Å². The molecule has 0 bridgehead atoms. The van der Waals surface area contributed by atoms with Crippen molar-refractivity contribution in [1.82, 2.24) is 34.8 Å². The standard InChI is InChI=1S/C60H67ClF4N12O10/c1-2-41-35-70-77-51(29-52(72-57(41)77)74-15-6-5-7-45(74)13-16-78)68-33-40-10-11-53(69-34-40)87-24-23-85-20-19-83-17-18-84-21-22-86-38-55(80)73-36-49(76(54(79)37-73)50-25-39(32-66)12-14-67-50)59(82)75(46-27-42(62)26-43(63)28-46)56(47-8-3-4-9-48(47)61)58(81)71-44-30-60(64,65)31-44/h3-4,8-12,14,25-29,34-35,44-45,49,56,68,78H,2,5-7,13,15-24,30-31,33,36-38H2,1H3,(H,71,81)/t45-,49-,56?/m0/s1. The topological polar surface area (TPSA) is 251 Å². The minimum atomic E-state index is -3.06. The molecule has 6 aromatic rings. The van der Waals surface area contributed by atoms with Crippen LogP contribution < -0.4 is 30.1 Å². The molecule has 1 unspecified atom stereocenters. The number of aromatic nitrogens is 5. The predicted octanol–water partition coefficient (Wildman–Crippen LogP) is 6.62. The third kappa shape index (κ3) is 16.3. The van der Waals surface area contributed by atoms with E-state index in [1.54, 1.807) is 12.3 Å². The number of anilines is 4. The van der Waals surface area contributed by atoms with Crippen LogP contribution in [0, 0.1) is 23.0 Å². The Kier molecular flexibility index (Phi) is 21.9. The van der Waals surface area contributed by atoms with Crippen molar-refractivity contribution in [1.29, 1.82) is 5.26 Å². The summed E-state index contributed by atoms with van der Waals surface area (Å²) >= 11 is 6.62. The second kappa shape index (κ2) is 30.0. The summed E-state index contributed by atoms with van der Waals surface area (Å²) in [4.78, 5) is 76.4. The number of hydrogen-bond donors (Lipinski definition) is 3. The van der Waals surface area contributed by atoms with E-state index >= 15 is 13.6 Å². The summed E-state index contributed by atoms with van der Waals surface area (Å²) in [7, 11) is 0. The van der Waals surface area contributed by atoms with Gasteiger partial charge < -0.3 is 49.2 Å². The van der Waals surface area contributed by atoms with Crippen molar-refractivity contribution in [2.45, 2.75) is 88.5 Å². The summed E-state index contributed by atoms with van der Waals surface area (Å²) in [6, 6.07) is 13.6. The van der Waals surface area contributed by atoms with Gasteiger partial charge in [-0.25, -0.2) is 32.5 Å². The van der Waals surface area contributed by atoms with Gasteiger partial charge in [0.1, 0.15) is 60.9 Å².